The van der Waals surface area contributed by atoms with Crippen molar-refractivity contribution in [3.63, 3.8) is 0 Å². The molecule has 0 spiro atoms. The average molecular weight is 195 g/mol. The highest BCUT2D eigenvalue weighted by molar-refractivity contribution is 5.91. The van der Waals surface area contributed by atoms with Gasteiger partial charge in [-0.1, -0.05) is 26.8 Å². The Balaban J connectivity index is 2.76. The molecule has 0 saturated heterocycles. The van der Waals surface area contributed by atoms with Crippen LogP contribution in [0.25, 0.3) is 0 Å². The van der Waals surface area contributed by atoms with E-state index in [0.29, 0.717) is 18.4 Å². The van der Waals surface area contributed by atoms with Gasteiger partial charge in [-0.15, -0.1) is 0 Å². The van der Waals surface area contributed by atoms with E-state index in [2.05, 4.69) is 39.1 Å². The van der Waals surface area contributed by atoms with E-state index in [-0.39, 0.29) is 11.2 Å². The third-order valence-electron chi connectivity index (χ3n) is 3.21. The smallest absolute Gasteiger partial charge is 0.155 e. The van der Waals surface area contributed by atoms with Crippen LogP contribution >= 0.6 is 0 Å². The maximum absolute atomic E-state index is 11.4. The molecule has 1 rings (SSSR count). The highest BCUT2D eigenvalue weighted by Crippen LogP contribution is 2.36. The molecule has 14 heavy (non-hydrogen) atoms. The van der Waals surface area contributed by atoms with E-state index in [0.717, 1.165) is 6.54 Å². The van der Waals surface area contributed by atoms with Gasteiger partial charge < -0.3 is 5.32 Å². The van der Waals surface area contributed by atoms with Crippen LogP contribution in [0.5, 0.6) is 0 Å². The van der Waals surface area contributed by atoms with E-state index in [4.69, 9.17) is 0 Å². The lowest BCUT2D eigenvalue weighted by atomic mass is 9.69. The van der Waals surface area contributed by atoms with Gasteiger partial charge in [0.2, 0.25) is 0 Å². The van der Waals surface area contributed by atoms with Crippen LogP contribution in [0, 0.1) is 11.3 Å². The van der Waals surface area contributed by atoms with Crippen LogP contribution in [0.15, 0.2) is 12.2 Å². The Labute approximate surface area is 86.8 Å². The first-order valence-corrected chi connectivity index (χ1v) is 5.43. The molecule has 0 heterocycles. The third-order valence-corrected chi connectivity index (χ3v) is 3.21. The lowest BCUT2D eigenvalue weighted by Crippen LogP contribution is -2.43. The summed E-state index contributed by atoms with van der Waals surface area (Å²) < 4.78 is 0. The van der Waals surface area contributed by atoms with Gasteiger partial charge in [0.25, 0.3) is 0 Å². The van der Waals surface area contributed by atoms with E-state index < -0.39 is 0 Å². The molecule has 0 aromatic heterocycles. The summed E-state index contributed by atoms with van der Waals surface area (Å²) in [4.78, 5) is 11.4. The summed E-state index contributed by atoms with van der Waals surface area (Å²) in [5, 5.41) is 3.41. The van der Waals surface area contributed by atoms with Gasteiger partial charge in [-0.3, -0.25) is 4.79 Å². The quantitative estimate of drug-likeness (QED) is 0.747. The molecule has 2 unspecified atom stereocenters. The summed E-state index contributed by atoms with van der Waals surface area (Å²) >= 11 is 0. The molecule has 80 valence electrons. The molecule has 0 aliphatic heterocycles. The SMILES string of the molecule is CCNC(C)C1CC(=O)C=CC1(C)C. The predicted molar refractivity (Wildman–Crippen MR) is 59.2 cm³/mol. The number of carbonyl (C=O) groups excluding carboxylic acids is 1. The van der Waals surface area contributed by atoms with Crippen molar-refractivity contribution in [2.75, 3.05) is 6.54 Å². The second-order valence-electron chi connectivity index (χ2n) is 4.78. The summed E-state index contributed by atoms with van der Waals surface area (Å²) in [5.74, 6) is 0.680. The van der Waals surface area contributed by atoms with E-state index in [1.807, 2.05) is 0 Å². The van der Waals surface area contributed by atoms with Gasteiger partial charge in [0.05, 0.1) is 0 Å². The van der Waals surface area contributed by atoms with E-state index in [1.54, 1.807) is 6.08 Å². The first-order chi connectivity index (χ1) is 6.47. The molecular weight excluding hydrogens is 174 g/mol. The molecule has 0 radical (unpaired) electrons. The van der Waals surface area contributed by atoms with E-state index in [1.165, 1.54) is 0 Å². The van der Waals surface area contributed by atoms with Crippen LogP contribution in [0.1, 0.15) is 34.1 Å². The minimum atomic E-state index is 0.134. The Morgan fingerprint density at radius 2 is 2.29 bits per heavy atom. The topological polar surface area (TPSA) is 29.1 Å². The Hall–Kier alpha value is -0.630. The maximum Gasteiger partial charge on any atom is 0.155 e. The van der Waals surface area contributed by atoms with Gasteiger partial charge in [0, 0.05) is 12.5 Å². The second kappa shape index (κ2) is 4.26. The summed E-state index contributed by atoms with van der Waals surface area (Å²) in [6.45, 7) is 9.64. The van der Waals surface area contributed by atoms with Crippen molar-refractivity contribution in [3.05, 3.63) is 12.2 Å². The molecule has 0 fully saturated rings. The normalized spacial score (nSPS) is 27.7. The van der Waals surface area contributed by atoms with Crippen molar-refractivity contribution < 1.29 is 4.79 Å². The minimum absolute atomic E-state index is 0.134. The number of hydrogen-bond donors (Lipinski definition) is 1. The molecule has 2 nitrogen and oxygen atoms in total. The minimum Gasteiger partial charge on any atom is -0.314 e. The number of carbonyl (C=O) groups is 1. The molecule has 1 N–H and O–H groups in total. The van der Waals surface area contributed by atoms with Crippen molar-refractivity contribution in [2.24, 2.45) is 11.3 Å². The number of allylic oxidation sites excluding steroid dienone is 2. The molecule has 2 atom stereocenters. The van der Waals surface area contributed by atoms with E-state index in [9.17, 15) is 4.79 Å². The van der Waals surface area contributed by atoms with Gasteiger partial charge in [-0.25, -0.2) is 0 Å². The molecule has 0 saturated carbocycles. The Bertz CT molecular complexity index is 243. The number of hydrogen-bond acceptors (Lipinski definition) is 2. The summed E-state index contributed by atoms with van der Waals surface area (Å²) in [5.41, 5.74) is 0.134. The average Bonchev–Trinajstić information content (AvgIpc) is 2.10. The van der Waals surface area contributed by atoms with Crippen LogP contribution in [0.3, 0.4) is 0 Å². The first-order valence-electron chi connectivity index (χ1n) is 5.43. The highest BCUT2D eigenvalue weighted by atomic mass is 16.1. The molecule has 0 aromatic rings. The van der Waals surface area contributed by atoms with Gasteiger partial charge in [0.1, 0.15) is 0 Å². The fraction of sp³-hybridized carbons (Fsp3) is 0.750. The number of nitrogens with one attached hydrogen (secondary N) is 1. The van der Waals surface area contributed by atoms with Crippen molar-refractivity contribution in [3.8, 4) is 0 Å². The summed E-state index contributed by atoms with van der Waals surface area (Å²) in [7, 11) is 0. The van der Waals surface area contributed by atoms with Crippen molar-refractivity contribution in [2.45, 2.75) is 40.2 Å². The zero-order valence-electron chi connectivity index (χ0n) is 9.63. The van der Waals surface area contributed by atoms with Crippen LogP contribution in [-0.2, 0) is 4.79 Å². The molecule has 0 bridgehead atoms. The lowest BCUT2D eigenvalue weighted by Gasteiger charge is -2.38. The fourth-order valence-electron chi connectivity index (χ4n) is 2.26. The zero-order valence-corrected chi connectivity index (χ0v) is 9.63. The highest BCUT2D eigenvalue weighted by Gasteiger charge is 2.35. The summed E-state index contributed by atoms with van der Waals surface area (Å²) in [6.07, 6.45) is 4.46. The second-order valence-corrected chi connectivity index (χ2v) is 4.78. The van der Waals surface area contributed by atoms with Crippen LogP contribution < -0.4 is 5.32 Å². The van der Waals surface area contributed by atoms with E-state index >= 15 is 0 Å². The maximum atomic E-state index is 11.4. The summed E-state index contributed by atoms with van der Waals surface area (Å²) in [6, 6.07) is 0.406. The van der Waals surface area contributed by atoms with Gasteiger partial charge in [0.15, 0.2) is 5.78 Å². The Morgan fingerprint density at radius 3 is 2.86 bits per heavy atom. The third kappa shape index (κ3) is 2.44. The van der Waals surface area contributed by atoms with Gasteiger partial charge >= 0.3 is 0 Å². The molecule has 0 amide bonds. The van der Waals surface area contributed by atoms with Crippen molar-refractivity contribution in [1.82, 2.24) is 5.32 Å². The first kappa shape index (κ1) is 11.4. The molecule has 1 aliphatic carbocycles. The molecular formula is C12H21NO. The van der Waals surface area contributed by atoms with Crippen LogP contribution in [-0.4, -0.2) is 18.4 Å². The predicted octanol–water partition coefficient (Wildman–Crippen LogP) is 2.16. The van der Waals surface area contributed by atoms with Gasteiger partial charge in [-0.2, -0.15) is 0 Å². The number of ketones is 1. The van der Waals surface area contributed by atoms with Gasteiger partial charge in [-0.05, 0) is 30.9 Å². The largest absolute Gasteiger partial charge is 0.314 e. The van der Waals surface area contributed by atoms with Crippen molar-refractivity contribution in [1.29, 1.82) is 0 Å². The Kier molecular flexibility index (Phi) is 3.48. The van der Waals surface area contributed by atoms with Crippen molar-refractivity contribution >= 4 is 5.78 Å². The molecule has 1 aliphatic rings. The Morgan fingerprint density at radius 1 is 1.64 bits per heavy atom. The molecule has 2 heteroatoms. The monoisotopic (exact) mass is 195 g/mol. The van der Waals surface area contributed by atoms with Crippen LogP contribution in [0.2, 0.25) is 0 Å². The lowest BCUT2D eigenvalue weighted by molar-refractivity contribution is -0.117. The van der Waals surface area contributed by atoms with Crippen LogP contribution in [0.4, 0.5) is 0 Å². The molecule has 0 aromatic carbocycles. The standard InChI is InChI=1S/C12H21NO/c1-5-13-9(2)11-8-10(14)6-7-12(11,3)4/h6-7,9,11,13H,5,8H2,1-4H3. The zero-order chi connectivity index (χ0) is 10.8. The fourth-order valence-corrected chi connectivity index (χ4v) is 2.26. The number of rotatable bonds is 3.